The van der Waals surface area contributed by atoms with Crippen LogP contribution < -0.4 is 9.47 Å². The number of ketones is 2. The number of carbonyl (C=O) groups excluding carboxylic acids is 2. The predicted octanol–water partition coefficient (Wildman–Crippen LogP) is 2.33. The second-order valence-corrected chi connectivity index (χ2v) is 6.41. The van der Waals surface area contributed by atoms with Gasteiger partial charge in [0, 0.05) is 11.1 Å². The highest BCUT2D eigenvalue weighted by Gasteiger charge is 2.37. The number of hydrogen-bond donors (Lipinski definition) is 1. The monoisotopic (exact) mass is 338 g/mol. The number of carbonyl (C=O) groups is 2. The maximum atomic E-state index is 13.2. The van der Waals surface area contributed by atoms with Crippen molar-refractivity contribution in [1.82, 2.24) is 0 Å². The van der Waals surface area contributed by atoms with Gasteiger partial charge in [0.1, 0.15) is 11.5 Å². The summed E-state index contributed by atoms with van der Waals surface area (Å²) in [6, 6.07) is 6.77. The molecule has 0 saturated heterocycles. The van der Waals surface area contributed by atoms with Crippen molar-refractivity contribution in [2.24, 2.45) is 0 Å². The molecule has 2 aromatic carbocycles. The van der Waals surface area contributed by atoms with Gasteiger partial charge in [-0.25, -0.2) is 0 Å². The minimum atomic E-state index is -0.433. The van der Waals surface area contributed by atoms with Gasteiger partial charge in [-0.05, 0) is 42.5 Å². The molecule has 0 fully saturated rings. The summed E-state index contributed by atoms with van der Waals surface area (Å²) < 4.78 is 10.9. The lowest BCUT2D eigenvalue weighted by molar-refractivity contribution is 0.0973. The lowest BCUT2D eigenvalue weighted by Gasteiger charge is -2.28. The van der Waals surface area contributed by atoms with E-state index in [9.17, 15) is 14.7 Å². The number of methoxy groups -OCH3 is 2. The van der Waals surface area contributed by atoms with Crippen molar-refractivity contribution < 1.29 is 24.2 Å². The first-order chi connectivity index (χ1) is 12.1. The molecule has 0 bridgehead atoms. The zero-order chi connectivity index (χ0) is 17.7. The number of aliphatic hydroxyl groups is 1. The van der Waals surface area contributed by atoms with E-state index >= 15 is 0 Å². The Kier molecular flexibility index (Phi) is 3.62. The first-order valence-electron chi connectivity index (χ1n) is 8.24. The SMILES string of the molecule is COc1cccc2c1C(=O)c1c(cc3c(c1OC)CCC(O)C3)C2=O. The summed E-state index contributed by atoms with van der Waals surface area (Å²) in [6.07, 6.45) is 1.26. The quantitative estimate of drug-likeness (QED) is 0.776. The van der Waals surface area contributed by atoms with E-state index in [0.29, 0.717) is 47.5 Å². The largest absolute Gasteiger partial charge is 0.496 e. The van der Waals surface area contributed by atoms with Gasteiger partial charge in [-0.3, -0.25) is 9.59 Å². The fraction of sp³-hybridized carbons (Fsp3) is 0.300. The van der Waals surface area contributed by atoms with Crippen LogP contribution in [0.3, 0.4) is 0 Å². The van der Waals surface area contributed by atoms with Crippen LogP contribution in [0.25, 0.3) is 0 Å². The van der Waals surface area contributed by atoms with Gasteiger partial charge in [-0.1, -0.05) is 12.1 Å². The van der Waals surface area contributed by atoms with Crippen molar-refractivity contribution in [3.05, 3.63) is 57.6 Å². The van der Waals surface area contributed by atoms with Gasteiger partial charge in [-0.15, -0.1) is 0 Å². The number of hydrogen-bond acceptors (Lipinski definition) is 5. The standard InChI is InChI=1S/C20H18O5/c1-24-15-5-3-4-13-16(15)19(23)17-14(18(13)22)9-10-8-11(21)6-7-12(10)20(17)25-2/h3-5,9,11,21H,6-8H2,1-2H3. The van der Waals surface area contributed by atoms with E-state index in [2.05, 4.69) is 0 Å². The molecule has 2 aliphatic rings. The number of fused-ring (bicyclic) bond motifs is 3. The molecule has 0 aliphatic heterocycles. The fourth-order valence-corrected chi connectivity index (χ4v) is 3.90. The molecule has 0 heterocycles. The van der Waals surface area contributed by atoms with Gasteiger partial charge >= 0.3 is 0 Å². The molecule has 128 valence electrons. The third kappa shape index (κ3) is 2.19. The van der Waals surface area contributed by atoms with Crippen LogP contribution in [0.15, 0.2) is 24.3 Å². The lowest BCUT2D eigenvalue weighted by Crippen LogP contribution is -2.26. The predicted molar refractivity (Wildman–Crippen MR) is 90.9 cm³/mol. The molecular formula is C20H18O5. The van der Waals surface area contributed by atoms with Gasteiger partial charge < -0.3 is 14.6 Å². The highest BCUT2D eigenvalue weighted by Crippen LogP contribution is 2.42. The topological polar surface area (TPSA) is 72.8 Å². The maximum absolute atomic E-state index is 13.2. The van der Waals surface area contributed by atoms with Crippen molar-refractivity contribution in [1.29, 1.82) is 0 Å². The Balaban J connectivity index is 2.01. The molecular weight excluding hydrogens is 320 g/mol. The summed E-state index contributed by atoms with van der Waals surface area (Å²) in [5, 5.41) is 9.96. The average molecular weight is 338 g/mol. The van der Waals surface area contributed by atoms with Gasteiger partial charge in [0.05, 0.1) is 31.5 Å². The Bertz CT molecular complexity index is 913. The Labute approximate surface area is 145 Å². The maximum Gasteiger partial charge on any atom is 0.201 e. The van der Waals surface area contributed by atoms with Crippen molar-refractivity contribution >= 4 is 11.6 Å². The average Bonchev–Trinajstić information content (AvgIpc) is 2.63. The molecule has 0 amide bonds. The van der Waals surface area contributed by atoms with Crippen LogP contribution >= 0.6 is 0 Å². The Morgan fingerprint density at radius 2 is 1.84 bits per heavy atom. The van der Waals surface area contributed by atoms with E-state index in [-0.39, 0.29) is 17.1 Å². The molecule has 0 saturated carbocycles. The lowest BCUT2D eigenvalue weighted by atomic mass is 9.78. The summed E-state index contributed by atoms with van der Waals surface area (Å²) in [4.78, 5) is 26.2. The van der Waals surface area contributed by atoms with Crippen LogP contribution in [0, 0.1) is 0 Å². The molecule has 4 rings (SSSR count). The van der Waals surface area contributed by atoms with E-state index in [1.807, 2.05) is 0 Å². The number of benzene rings is 2. The molecule has 1 N–H and O–H groups in total. The van der Waals surface area contributed by atoms with Gasteiger partial charge in [0.15, 0.2) is 5.78 Å². The molecule has 0 radical (unpaired) electrons. The summed E-state index contributed by atoms with van der Waals surface area (Å²) in [5.41, 5.74) is 3.06. The second kappa shape index (κ2) is 5.70. The second-order valence-electron chi connectivity index (χ2n) is 6.41. The van der Waals surface area contributed by atoms with Crippen molar-refractivity contribution in [2.45, 2.75) is 25.4 Å². The molecule has 1 unspecified atom stereocenters. The highest BCUT2D eigenvalue weighted by molar-refractivity contribution is 6.30. The zero-order valence-corrected chi connectivity index (χ0v) is 14.1. The minimum Gasteiger partial charge on any atom is -0.496 e. The van der Waals surface area contributed by atoms with E-state index in [1.165, 1.54) is 14.2 Å². The summed E-state index contributed by atoms with van der Waals surface area (Å²) in [5.74, 6) is 0.364. The van der Waals surface area contributed by atoms with Crippen LogP contribution in [0.4, 0.5) is 0 Å². The molecule has 2 aliphatic carbocycles. The first kappa shape index (κ1) is 15.8. The Morgan fingerprint density at radius 3 is 2.56 bits per heavy atom. The van der Waals surface area contributed by atoms with Crippen molar-refractivity contribution in [3.63, 3.8) is 0 Å². The number of aliphatic hydroxyl groups excluding tert-OH is 1. The Morgan fingerprint density at radius 1 is 1.04 bits per heavy atom. The molecule has 0 spiro atoms. The molecule has 5 heteroatoms. The number of ether oxygens (including phenoxy) is 2. The first-order valence-corrected chi connectivity index (χ1v) is 8.24. The third-order valence-electron chi connectivity index (χ3n) is 5.05. The third-order valence-corrected chi connectivity index (χ3v) is 5.05. The van der Waals surface area contributed by atoms with Gasteiger partial charge in [0.2, 0.25) is 5.78 Å². The van der Waals surface area contributed by atoms with Crippen LogP contribution in [0.1, 0.15) is 49.4 Å². The van der Waals surface area contributed by atoms with E-state index in [4.69, 9.17) is 9.47 Å². The smallest absolute Gasteiger partial charge is 0.201 e. The Hall–Kier alpha value is -2.66. The van der Waals surface area contributed by atoms with Crippen LogP contribution in [-0.4, -0.2) is 37.0 Å². The van der Waals surface area contributed by atoms with Crippen molar-refractivity contribution in [3.8, 4) is 11.5 Å². The van der Waals surface area contributed by atoms with Gasteiger partial charge in [0.25, 0.3) is 0 Å². The summed E-state index contributed by atoms with van der Waals surface area (Å²) >= 11 is 0. The van der Waals surface area contributed by atoms with Crippen LogP contribution in [0.5, 0.6) is 11.5 Å². The molecule has 0 aromatic heterocycles. The fourth-order valence-electron chi connectivity index (χ4n) is 3.90. The van der Waals surface area contributed by atoms with E-state index in [1.54, 1.807) is 24.3 Å². The van der Waals surface area contributed by atoms with Gasteiger partial charge in [-0.2, -0.15) is 0 Å². The molecule has 1 atom stereocenters. The van der Waals surface area contributed by atoms with E-state index in [0.717, 1.165) is 11.1 Å². The summed E-state index contributed by atoms with van der Waals surface area (Å²) in [6.45, 7) is 0. The molecule has 25 heavy (non-hydrogen) atoms. The zero-order valence-electron chi connectivity index (χ0n) is 14.1. The molecule has 2 aromatic rings. The molecule has 5 nitrogen and oxygen atoms in total. The van der Waals surface area contributed by atoms with E-state index < -0.39 is 6.10 Å². The highest BCUT2D eigenvalue weighted by atomic mass is 16.5. The minimum absolute atomic E-state index is 0.218. The number of rotatable bonds is 2. The van der Waals surface area contributed by atoms with Crippen molar-refractivity contribution in [2.75, 3.05) is 14.2 Å². The summed E-state index contributed by atoms with van der Waals surface area (Å²) in [7, 11) is 2.99. The normalized spacial score (nSPS) is 18.3. The van der Waals surface area contributed by atoms with Crippen LogP contribution in [-0.2, 0) is 12.8 Å². The van der Waals surface area contributed by atoms with Crippen LogP contribution in [0.2, 0.25) is 0 Å².